The molecule has 158 valence electrons. The summed E-state index contributed by atoms with van der Waals surface area (Å²) in [7, 11) is 0. The Morgan fingerprint density at radius 2 is 1.72 bits per heavy atom. The van der Waals surface area contributed by atoms with Crippen molar-refractivity contribution in [3.05, 3.63) is 11.1 Å². The highest BCUT2D eigenvalue weighted by atomic mass is 16.7. The summed E-state index contributed by atoms with van der Waals surface area (Å²) in [6.45, 7) is 4.96. The van der Waals surface area contributed by atoms with Crippen molar-refractivity contribution >= 4 is 0 Å². The molecule has 6 rings (SSSR count). The van der Waals surface area contributed by atoms with Crippen molar-refractivity contribution < 1.29 is 24.1 Å². The maximum atomic E-state index is 11.7. The van der Waals surface area contributed by atoms with Crippen LogP contribution in [0.4, 0.5) is 0 Å². The lowest BCUT2D eigenvalue weighted by Crippen LogP contribution is -2.56. The summed E-state index contributed by atoms with van der Waals surface area (Å²) in [5.74, 6) is 3.04. The van der Waals surface area contributed by atoms with Crippen LogP contribution in [0.5, 0.6) is 0 Å². The number of hydrogen-bond acceptors (Lipinski definition) is 5. The molecule has 2 spiro atoms. The highest BCUT2D eigenvalue weighted by Crippen LogP contribution is 2.67. The Morgan fingerprint density at radius 1 is 1.00 bits per heavy atom. The standard InChI is InChI=1S/C24H32O5/c1-3-16-14-21(2)18(6-9-24(21)28-12-13-29-24)17-4-7-22(25)15-23(26-10-11-27-23)8-5-19(22)20(16)17/h1,16-18,25H,4-15H2,2H3/t16-,17-,18-,21-,22+/m0/s1. The fourth-order valence-corrected chi connectivity index (χ4v) is 8.04. The minimum absolute atomic E-state index is 0.0466. The van der Waals surface area contributed by atoms with Crippen molar-refractivity contribution in [3.63, 3.8) is 0 Å². The van der Waals surface area contributed by atoms with Gasteiger partial charge in [0.2, 0.25) is 0 Å². The van der Waals surface area contributed by atoms with Crippen molar-refractivity contribution in [1.29, 1.82) is 0 Å². The van der Waals surface area contributed by atoms with E-state index in [-0.39, 0.29) is 11.3 Å². The van der Waals surface area contributed by atoms with Gasteiger partial charge in [-0.1, -0.05) is 12.8 Å². The van der Waals surface area contributed by atoms with Crippen LogP contribution in [0.25, 0.3) is 0 Å². The summed E-state index contributed by atoms with van der Waals surface area (Å²) in [5.41, 5.74) is 1.68. The monoisotopic (exact) mass is 400 g/mol. The molecule has 3 saturated carbocycles. The molecule has 0 radical (unpaired) electrons. The van der Waals surface area contributed by atoms with Crippen molar-refractivity contribution in [1.82, 2.24) is 0 Å². The summed E-state index contributed by atoms with van der Waals surface area (Å²) in [6.07, 6.45) is 13.0. The Labute approximate surface area is 173 Å². The van der Waals surface area contributed by atoms with Gasteiger partial charge in [0.1, 0.15) is 0 Å². The van der Waals surface area contributed by atoms with Gasteiger partial charge < -0.3 is 24.1 Å². The third-order valence-corrected chi connectivity index (χ3v) is 9.23. The van der Waals surface area contributed by atoms with E-state index in [1.165, 1.54) is 11.1 Å². The molecule has 2 saturated heterocycles. The number of rotatable bonds is 0. The lowest BCUT2D eigenvalue weighted by molar-refractivity contribution is -0.236. The largest absolute Gasteiger partial charge is 0.385 e. The van der Waals surface area contributed by atoms with Gasteiger partial charge in [-0.25, -0.2) is 0 Å². The van der Waals surface area contributed by atoms with E-state index in [1.807, 2.05) is 0 Å². The Morgan fingerprint density at radius 3 is 2.45 bits per heavy atom. The van der Waals surface area contributed by atoms with Crippen molar-refractivity contribution in [3.8, 4) is 12.3 Å². The SMILES string of the molecule is C#C[C@H]1C[C@@]2(C)[C@@H](CCC23OCCO3)[C@@H]2CC[C@@]3(O)CC4(CCC3=C21)OCCO4. The third-order valence-electron chi connectivity index (χ3n) is 9.23. The first-order chi connectivity index (χ1) is 13.9. The van der Waals surface area contributed by atoms with Crippen LogP contribution in [0.3, 0.4) is 0 Å². The third kappa shape index (κ3) is 2.36. The van der Waals surface area contributed by atoms with Gasteiger partial charge in [-0.15, -0.1) is 6.42 Å². The molecule has 0 aromatic heterocycles. The lowest BCUT2D eigenvalue weighted by atomic mass is 9.51. The van der Waals surface area contributed by atoms with Gasteiger partial charge in [-0.2, -0.15) is 0 Å². The predicted octanol–water partition coefficient (Wildman–Crippen LogP) is 3.16. The van der Waals surface area contributed by atoms with Crippen LogP contribution in [0.2, 0.25) is 0 Å². The molecule has 2 heterocycles. The molecule has 1 N–H and O–H groups in total. The Bertz CT molecular complexity index is 784. The van der Waals surface area contributed by atoms with Crippen LogP contribution in [0.1, 0.15) is 58.3 Å². The molecule has 0 bridgehead atoms. The van der Waals surface area contributed by atoms with E-state index in [0.717, 1.165) is 44.9 Å². The highest BCUT2D eigenvalue weighted by molar-refractivity contribution is 5.40. The fourth-order valence-electron chi connectivity index (χ4n) is 8.04. The van der Waals surface area contributed by atoms with E-state index >= 15 is 0 Å². The highest BCUT2D eigenvalue weighted by Gasteiger charge is 2.67. The van der Waals surface area contributed by atoms with Gasteiger partial charge in [0, 0.05) is 30.6 Å². The minimum Gasteiger partial charge on any atom is -0.385 e. The van der Waals surface area contributed by atoms with Crippen LogP contribution < -0.4 is 0 Å². The number of ether oxygens (including phenoxy) is 4. The Kier molecular flexibility index (Phi) is 3.95. The molecule has 29 heavy (non-hydrogen) atoms. The second-order valence-electron chi connectivity index (χ2n) is 10.3. The Hall–Kier alpha value is -0.900. The first-order valence-electron chi connectivity index (χ1n) is 11.4. The molecule has 5 heteroatoms. The van der Waals surface area contributed by atoms with Crippen LogP contribution in [0.15, 0.2) is 11.1 Å². The van der Waals surface area contributed by atoms with Gasteiger partial charge in [-0.3, -0.25) is 0 Å². The second-order valence-corrected chi connectivity index (χ2v) is 10.3. The summed E-state index contributed by atoms with van der Waals surface area (Å²) in [4.78, 5) is 0. The molecule has 5 nitrogen and oxygen atoms in total. The van der Waals surface area contributed by atoms with E-state index < -0.39 is 17.2 Å². The first kappa shape index (κ1) is 18.8. The van der Waals surface area contributed by atoms with E-state index in [0.29, 0.717) is 44.7 Å². The van der Waals surface area contributed by atoms with E-state index in [2.05, 4.69) is 12.8 Å². The van der Waals surface area contributed by atoms with Gasteiger partial charge in [0.15, 0.2) is 11.6 Å². The van der Waals surface area contributed by atoms with Gasteiger partial charge in [0.05, 0.1) is 32.0 Å². The molecule has 4 aliphatic carbocycles. The first-order valence-corrected chi connectivity index (χ1v) is 11.4. The zero-order valence-corrected chi connectivity index (χ0v) is 17.4. The van der Waals surface area contributed by atoms with Gasteiger partial charge in [-0.05, 0) is 55.1 Å². The Balaban J connectivity index is 1.41. The fraction of sp³-hybridized carbons (Fsp3) is 0.833. The smallest absolute Gasteiger partial charge is 0.174 e. The molecular formula is C24H32O5. The van der Waals surface area contributed by atoms with Gasteiger partial charge in [0.25, 0.3) is 0 Å². The van der Waals surface area contributed by atoms with E-state index in [4.69, 9.17) is 25.4 Å². The summed E-state index contributed by atoms with van der Waals surface area (Å²) in [6, 6.07) is 0. The lowest BCUT2D eigenvalue weighted by Gasteiger charge is -2.56. The van der Waals surface area contributed by atoms with Crippen LogP contribution >= 0.6 is 0 Å². The topological polar surface area (TPSA) is 57.2 Å². The molecule has 2 aliphatic heterocycles. The minimum atomic E-state index is -0.839. The summed E-state index contributed by atoms with van der Waals surface area (Å²) < 4.78 is 24.4. The van der Waals surface area contributed by atoms with Crippen LogP contribution in [-0.4, -0.2) is 48.7 Å². The maximum Gasteiger partial charge on any atom is 0.174 e. The maximum absolute atomic E-state index is 11.7. The quantitative estimate of drug-likeness (QED) is 0.500. The van der Waals surface area contributed by atoms with E-state index in [9.17, 15) is 5.11 Å². The number of fused-ring (bicyclic) bond motifs is 5. The second kappa shape index (κ2) is 6.08. The molecule has 0 amide bonds. The molecule has 5 atom stereocenters. The van der Waals surface area contributed by atoms with Crippen LogP contribution in [0, 0.1) is 35.5 Å². The van der Waals surface area contributed by atoms with Crippen molar-refractivity contribution in [2.45, 2.75) is 75.5 Å². The van der Waals surface area contributed by atoms with E-state index in [1.54, 1.807) is 0 Å². The van der Waals surface area contributed by atoms with Crippen molar-refractivity contribution in [2.75, 3.05) is 26.4 Å². The molecule has 0 aromatic rings. The number of terminal acetylenes is 1. The number of allylic oxidation sites excluding steroid dienone is 1. The van der Waals surface area contributed by atoms with Crippen molar-refractivity contribution in [2.24, 2.45) is 23.2 Å². The molecular weight excluding hydrogens is 368 g/mol. The van der Waals surface area contributed by atoms with Gasteiger partial charge >= 0.3 is 0 Å². The number of hydrogen-bond donors (Lipinski definition) is 1. The summed E-state index contributed by atoms with van der Waals surface area (Å²) in [5, 5.41) is 11.7. The zero-order chi connectivity index (χ0) is 19.9. The average molecular weight is 401 g/mol. The molecule has 6 aliphatic rings. The average Bonchev–Trinajstić information content (AvgIpc) is 3.42. The summed E-state index contributed by atoms with van der Waals surface area (Å²) >= 11 is 0. The van der Waals surface area contributed by atoms with Crippen LogP contribution in [-0.2, 0) is 18.9 Å². The molecule has 0 aromatic carbocycles. The molecule has 5 fully saturated rings. The normalized spacial score (nSPS) is 47.1. The number of aliphatic hydroxyl groups is 1. The predicted molar refractivity (Wildman–Crippen MR) is 106 cm³/mol. The molecule has 0 unspecified atom stereocenters. The zero-order valence-electron chi connectivity index (χ0n) is 17.4.